The second kappa shape index (κ2) is 11.5. The Bertz CT molecular complexity index is 1300. The van der Waals surface area contributed by atoms with Gasteiger partial charge in [0.05, 0.1) is 36.5 Å². The summed E-state index contributed by atoms with van der Waals surface area (Å²) in [6, 6.07) is 15.3. The summed E-state index contributed by atoms with van der Waals surface area (Å²) in [5, 5.41) is 10.6. The van der Waals surface area contributed by atoms with E-state index in [0.29, 0.717) is 0 Å². The summed E-state index contributed by atoms with van der Waals surface area (Å²) in [6.07, 6.45) is -2.77. The van der Waals surface area contributed by atoms with Gasteiger partial charge in [-0.2, -0.15) is 0 Å². The van der Waals surface area contributed by atoms with Gasteiger partial charge in [0.2, 0.25) is 0 Å². The molecule has 0 unspecified atom stereocenters. The minimum absolute atomic E-state index is 0.0754. The summed E-state index contributed by atoms with van der Waals surface area (Å²) >= 11 is 0. The maximum atomic E-state index is 14.1. The summed E-state index contributed by atoms with van der Waals surface area (Å²) in [6.45, 7) is 15.3. The number of fused-ring (bicyclic) bond motifs is 3. The molecule has 0 spiro atoms. The number of hydrogen-bond acceptors (Lipinski definition) is 7. The predicted molar refractivity (Wildman–Crippen MR) is 161 cm³/mol. The highest BCUT2D eigenvalue weighted by Gasteiger charge is 2.57. The number of aliphatic carboxylic acids is 1. The molecule has 2 aromatic rings. The third kappa shape index (κ3) is 6.75. The van der Waals surface area contributed by atoms with Gasteiger partial charge in [0.25, 0.3) is 0 Å². The molecule has 43 heavy (non-hydrogen) atoms. The SMILES string of the molecule is CC(C)(C)O[C@H]1[C@H]([C@@H](C(=O)O)[C@H]2COC(C)(C)O2)N(C(=O)OCC2c3ccccc3-c3ccccc32)C[C@@H]1OC(C)(C)C. The van der Waals surface area contributed by atoms with Crippen LogP contribution >= 0.6 is 0 Å². The van der Waals surface area contributed by atoms with Crippen molar-refractivity contribution in [3.05, 3.63) is 59.7 Å². The fraction of sp³-hybridized carbons (Fsp3) is 0.588. The molecule has 1 aliphatic carbocycles. The lowest BCUT2D eigenvalue weighted by atomic mass is 9.89. The smallest absolute Gasteiger partial charge is 0.410 e. The van der Waals surface area contributed by atoms with E-state index in [1.54, 1.807) is 13.8 Å². The van der Waals surface area contributed by atoms with Crippen molar-refractivity contribution in [3.8, 4) is 11.1 Å². The second-order valence-electron chi connectivity index (χ2n) is 14.1. The molecule has 1 amide bonds. The lowest BCUT2D eigenvalue weighted by Crippen LogP contribution is -2.55. The van der Waals surface area contributed by atoms with E-state index in [9.17, 15) is 14.7 Å². The van der Waals surface area contributed by atoms with E-state index in [0.717, 1.165) is 22.3 Å². The minimum atomic E-state index is -1.15. The van der Waals surface area contributed by atoms with Crippen molar-refractivity contribution < 1.29 is 38.4 Å². The Labute approximate surface area is 254 Å². The second-order valence-corrected chi connectivity index (χ2v) is 14.1. The first-order valence-corrected chi connectivity index (χ1v) is 15.1. The molecular weight excluding hydrogens is 550 g/mol. The van der Waals surface area contributed by atoms with Crippen molar-refractivity contribution in [1.82, 2.24) is 4.90 Å². The van der Waals surface area contributed by atoms with Gasteiger partial charge < -0.3 is 28.8 Å². The normalized spacial score (nSPS) is 25.8. The molecule has 0 bridgehead atoms. The highest BCUT2D eigenvalue weighted by atomic mass is 16.7. The molecule has 234 valence electrons. The minimum Gasteiger partial charge on any atom is -0.481 e. The summed E-state index contributed by atoms with van der Waals surface area (Å²) in [4.78, 5) is 28.5. The molecule has 2 aromatic carbocycles. The van der Waals surface area contributed by atoms with Crippen LogP contribution in [0.1, 0.15) is 72.4 Å². The topological polar surface area (TPSA) is 104 Å². The lowest BCUT2D eigenvalue weighted by Gasteiger charge is -2.38. The molecule has 9 heteroatoms. The Morgan fingerprint density at radius 1 is 0.953 bits per heavy atom. The van der Waals surface area contributed by atoms with Crippen LogP contribution in [0, 0.1) is 5.92 Å². The zero-order valence-corrected chi connectivity index (χ0v) is 26.5. The summed E-state index contributed by atoms with van der Waals surface area (Å²) < 4.78 is 30.9. The van der Waals surface area contributed by atoms with Crippen molar-refractivity contribution in [3.63, 3.8) is 0 Å². The van der Waals surface area contributed by atoms with Gasteiger partial charge in [-0.05, 0) is 77.6 Å². The van der Waals surface area contributed by atoms with Crippen molar-refractivity contribution in [2.45, 2.75) is 103 Å². The molecule has 0 aromatic heterocycles. The average Bonchev–Trinajstić information content (AvgIpc) is 3.53. The number of ether oxygens (including phenoxy) is 5. The van der Waals surface area contributed by atoms with Crippen LogP contribution in [0.15, 0.2) is 48.5 Å². The monoisotopic (exact) mass is 595 g/mol. The zero-order valence-electron chi connectivity index (χ0n) is 26.5. The fourth-order valence-corrected chi connectivity index (χ4v) is 6.62. The van der Waals surface area contributed by atoms with Crippen LogP contribution in [0.4, 0.5) is 4.79 Å². The van der Waals surface area contributed by atoms with Crippen LogP contribution in [0.5, 0.6) is 0 Å². The average molecular weight is 596 g/mol. The third-order valence-electron chi connectivity index (χ3n) is 8.09. The van der Waals surface area contributed by atoms with Crippen LogP contribution in [-0.2, 0) is 28.5 Å². The van der Waals surface area contributed by atoms with Gasteiger partial charge in [-0.3, -0.25) is 9.69 Å². The number of benzene rings is 2. The number of amides is 1. The molecule has 2 aliphatic heterocycles. The van der Waals surface area contributed by atoms with Gasteiger partial charge in [0.1, 0.15) is 24.7 Å². The number of likely N-dealkylation sites (tertiary alicyclic amines) is 1. The van der Waals surface area contributed by atoms with Crippen LogP contribution in [0.2, 0.25) is 0 Å². The molecule has 2 fully saturated rings. The molecule has 2 heterocycles. The Hall–Kier alpha value is -2.98. The highest BCUT2D eigenvalue weighted by molar-refractivity contribution is 5.79. The lowest BCUT2D eigenvalue weighted by molar-refractivity contribution is -0.178. The first-order valence-electron chi connectivity index (χ1n) is 15.1. The molecule has 9 nitrogen and oxygen atoms in total. The van der Waals surface area contributed by atoms with Crippen LogP contribution < -0.4 is 0 Å². The Kier molecular flexibility index (Phi) is 8.41. The first-order chi connectivity index (χ1) is 20.0. The fourth-order valence-electron chi connectivity index (χ4n) is 6.62. The van der Waals surface area contributed by atoms with E-state index in [1.807, 2.05) is 65.8 Å². The van der Waals surface area contributed by atoms with Crippen LogP contribution in [-0.4, -0.2) is 83.2 Å². The van der Waals surface area contributed by atoms with E-state index in [-0.39, 0.29) is 25.7 Å². The number of nitrogens with zero attached hydrogens (tertiary/aromatic N) is 1. The third-order valence-corrected chi connectivity index (χ3v) is 8.09. The standard InChI is InChI=1S/C34H45NO8/c1-32(2,3)41-25-17-35(28(29(25)43-33(4,5)6)27(30(36)37)26-19-40-34(7,8)42-26)31(38)39-18-24-22-15-11-9-13-20(22)21-14-10-12-16-23(21)24/h9-16,24-29H,17-19H2,1-8H3,(H,36,37)/t25-,26+,27-,28-,29+/m0/s1. The van der Waals surface area contributed by atoms with Gasteiger partial charge in [0.15, 0.2) is 5.79 Å². The number of carboxylic acid groups (broad SMARTS) is 1. The van der Waals surface area contributed by atoms with Crippen LogP contribution in [0.3, 0.4) is 0 Å². The zero-order chi connectivity index (χ0) is 31.3. The number of hydrogen-bond donors (Lipinski definition) is 1. The number of carbonyl (C=O) groups excluding carboxylic acids is 1. The predicted octanol–water partition coefficient (Wildman–Crippen LogP) is 5.84. The largest absolute Gasteiger partial charge is 0.481 e. The first kappa shape index (κ1) is 31.4. The van der Waals surface area contributed by atoms with Gasteiger partial charge >= 0.3 is 12.1 Å². The molecule has 5 rings (SSSR count). The van der Waals surface area contributed by atoms with Crippen molar-refractivity contribution in [1.29, 1.82) is 0 Å². The van der Waals surface area contributed by atoms with Gasteiger partial charge in [-0.15, -0.1) is 0 Å². The molecule has 5 atom stereocenters. The van der Waals surface area contributed by atoms with Gasteiger partial charge in [0, 0.05) is 5.92 Å². The molecular formula is C34H45NO8. The Morgan fingerprint density at radius 3 is 2.00 bits per heavy atom. The molecule has 3 aliphatic rings. The van der Waals surface area contributed by atoms with Crippen molar-refractivity contribution in [2.24, 2.45) is 5.92 Å². The van der Waals surface area contributed by atoms with E-state index >= 15 is 0 Å². The molecule has 0 saturated carbocycles. The van der Waals surface area contributed by atoms with E-state index < -0.39 is 59.3 Å². The van der Waals surface area contributed by atoms with E-state index in [4.69, 9.17) is 23.7 Å². The summed E-state index contributed by atoms with van der Waals surface area (Å²) in [7, 11) is 0. The van der Waals surface area contributed by atoms with Crippen LogP contribution in [0.25, 0.3) is 11.1 Å². The number of carbonyl (C=O) groups is 2. The summed E-state index contributed by atoms with van der Waals surface area (Å²) in [5.74, 6) is -3.34. The maximum Gasteiger partial charge on any atom is 0.410 e. The molecule has 0 radical (unpaired) electrons. The Morgan fingerprint density at radius 2 is 1.51 bits per heavy atom. The van der Waals surface area contributed by atoms with Crippen molar-refractivity contribution >= 4 is 12.1 Å². The maximum absolute atomic E-state index is 14.1. The van der Waals surface area contributed by atoms with Gasteiger partial charge in [-0.25, -0.2) is 4.79 Å². The number of carboxylic acids is 1. The Balaban J connectivity index is 1.48. The summed E-state index contributed by atoms with van der Waals surface area (Å²) in [5.41, 5.74) is 3.23. The van der Waals surface area contributed by atoms with Crippen molar-refractivity contribution in [2.75, 3.05) is 19.8 Å². The molecule has 2 saturated heterocycles. The van der Waals surface area contributed by atoms with E-state index in [1.165, 1.54) is 4.90 Å². The van der Waals surface area contributed by atoms with Gasteiger partial charge in [-0.1, -0.05) is 48.5 Å². The van der Waals surface area contributed by atoms with E-state index in [2.05, 4.69) is 24.3 Å². The quantitative estimate of drug-likeness (QED) is 0.426. The number of rotatable bonds is 7. The molecule has 1 N–H and O–H groups in total. The highest BCUT2D eigenvalue weighted by Crippen LogP contribution is 2.45.